The van der Waals surface area contributed by atoms with Gasteiger partial charge in [0.25, 0.3) is 0 Å². The van der Waals surface area contributed by atoms with Gasteiger partial charge in [0.2, 0.25) is 5.96 Å². The summed E-state index contributed by atoms with van der Waals surface area (Å²) in [6.45, 7) is 4.83. The van der Waals surface area contributed by atoms with Crippen molar-refractivity contribution in [2.45, 2.75) is 25.0 Å². The Morgan fingerprint density at radius 2 is 1.96 bits per heavy atom. The fourth-order valence-corrected chi connectivity index (χ4v) is 4.03. The summed E-state index contributed by atoms with van der Waals surface area (Å²) in [5.41, 5.74) is 0.908. The summed E-state index contributed by atoms with van der Waals surface area (Å²) in [4.78, 5) is 6.40. The molecular formula is C20H28FN5O2. The van der Waals surface area contributed by atoms with E-state index in [0.717, 1.165) is 51.0 Å². The third-order valence-corrected chi connectivity index (χ3v) is 5.43. The number of nitrogens with one attached hydrogen (secondary N) is 2. The van der Waals surface area contributed by atoms with Crippen molar-refractivity contribution in [1.82, 2.24) is 15.5 Å². The Kier molecular flexibility index (Phi) is 7.20. The fourth-order valence-electron chi connectivity index (χ4n) is 4.03. The van der Waals surface area contributed by atoms with Gasteiger partial charge in [-0.15, -0.1) is 0 Å². The number of rotatable bonds is 6. The molecule has 2 fully saturated rings. The van der Waals surface area contributed by atoms with E-state index in [1.165, 1.54) is 12.1 Å². The maximum absolute atomic E-state index is 13.3. The highest BCUT2D eigenvalue weighted by molar-refractivity contribution is 5.80. The third-order valence-electron chi connectivity index (χ3n) is 5.43. The molecule has 0 radical (unpaired) electrons. The standard InChI is InChI=1S/C20H28FN5O2/c1-23-19(25-15-22)24-9-2-10-26-11-7-17(8-12-26)20(27-13-14-28-20)16-3-5-18(21)6-4-16/h3-6,17H,2,7-14H2,1H3,(H2,23,24,25). The highest BCUT2D eigenvalue weighted by atomic mass is 19.1. The minimum Gasteiger partial charge on any atom is -0.356 e. The first-order chi connectivity index (χ1) is 13.7. The van der Waals surface area contributed by atoms with Crippen molar-refractivity contribution in [2.75, 3.05) is 46.4 Å². The second-order valence-corrected chi connectivity index (χ2v) is 7.08. The molecule has 0 amide bonds. The van der Waals surface area contributed by atoms with E-state index < -0.39 is 5.79 Å². The number of piperidine rings is 1. The summed E-state index contributed by atoms with van der Waals surface area (Å²) in [5.74, 6) is -0.232. The van der Waals surface area contributed by atoms with Crippen LogP contribution in [0.1, 0.15) is 24.8 Å². The number of benzene rings is 1. The van der Waals surface area contributed by atoms with E-state index in [2.05, 4.69) is 20.5 Å². The molecule has 1 aromatic rings. The van der Waals surface area contributed by atoms with E-state index in [-0.39, 0.29) is 11.7 Å². The van der Waals surface area contributed by atoms with E-state index in [9.17, 15) is 4.39 Å². The van der Waals surface area contributed by atoms with Crippen LogP contribution in [0.4, 0.5) is 4.39 Å². The van der Waals surface area contributed by atoms with Crippen molar-refractivity contribution in [3.63, 3.8) is 0 Å². The van der Waals surface area contributed by atoms with E-state index in [1.54, 1.807) is 19.2 Å². The van der Waals surface area contributed by atoms with Crippen LogP contribution in [0, 0.1) is 23.2 Å². The SMILES string of the molecule is CN=C(NC#N)NCCCN1CCC(C2(c3ccc(F)cc3)OCCO2)CC1. The molecule has 2 N–H and O–H groups in total. The molecule has 0 aromatic heterocycles. The van der Waals surface area contributed by atoms with Crippen molar-refractivity contribution in [2.24, 2.45) is 10.9 Å². The van der Waals surface area contributed by atoms with Gasteiger partial charge in [-0.2, -0.15) is 5.26 Å². The van der Waals surface area contributed by atoms with Crippen LogP contribution in [0.5, 0.6) is 0 Å². The normalized spacial score (nSPS) is 20.7. The lowest BCUT2D eigenvalue weighted by Gasteiger charge is -2.41. The lowest BCUT2D eigenvalue weighted by atomic mass is 9.84. The van der Waals surface area contributed by atoms with E-state index >= 15 is 0 Å². The van der Waals surface area contributed by atoms with Crippen LogP contribution in [0.15, 0.2) is 29.3 Å². The van der Waals surface area contributed by atoms with Crippen molar-refractivity contribution < 1.29 is 13.9 Å². The molecule has 3 rings (SSSR count). The monoisotopic (exact) mass is 389 g/mol. The van der Waals surface area contributed by atoms with Gasteiger partial charge in [-0.1, -0.05) is 12.1 Å². The fraction of sp³-hybridized carbons (Fsp3) is 0.600. The highest BCUT2D eigenvalue weighted by Crippen LogP contribution is 2.43. The molecule has 2 heterocycles. The molecule has 152 valence electrons. The van der Waals surface area contributed by atoms with Crippen molar-refractivity contribution in [1.29, 1.82) is 5.26 Å². The number of hydrogen-bond donors (Lipinski definition) is 2. The molecule has 2 aliphatic heterocycles. The number of nitrogens with zero attached hydrogens (tertiary/aromatic N) is 3. The summed E-state index contributed by atoms with van der Waals surface area (Å²) in [7, 11) is 1.64. The lowest BCUT2D eigenvalue weighted by Crippen LogP contribution is -2.45. The predicted octanol–water partition coefficient (Wildman–Crippen LogP) is 1.77. The zero-order chi connectivity index (χ0) is 19.8. The Labute approximate surface area is 165 Å². The Balaban J connectivity index is 1.49. The van der Waals surface area contributed by atoms with Crippen LogP contribution in [0.2, 0.25) is 0 Å². The van der Waals surface area contributed by atoms with E-state index in [1.807, 2.05) is 6.19 Å². The van der Waals surface area contributed by atoms with Crippen LogP contribution in [-0.4, -0.2) is 57.3 Å². The average Bonchev–Trinajstić information content (AvgIpc) is 3.22. The van der Waals surface area contributed by atoms with Gasteiger partial charge >= 0.3 is 0 Å². The molecule has 1 aromatic carbocycles. The zero-order valence-corrected chi connectivity index (χ0v) is 16.3. The number of ether oxygens (including phenoxy) is 2. The molecule has 0 saturated carbocycles. The van der Waals surface area contributed by atoms with Crippen molar-refractivity contribution in [3.8, 4) is 6.19 Å². The molecule has 0 atom stereocenters. The first-order valence-electron chi connectivity index (χ1n) is 9.80. The quantitative estimate of drug-likeness (QED) is 0.254. The van der Waals surface area contributed by atoms with Crippen LogP contribution < -0.4 is 10.6 Å². The Morgan fingerprint density at radius 3 is 2.57 bits per heavy atom. The van der Waals surface area contributed by atoms with Gasteiger partial charge in [0.1, 0.15) is 5.82 Å². The summed E-state index contributed by atoms with van der Waals surface area (Å²) in [5, 5.41) is 14.3. The summed E-state index contributed by atoms with van der Waals surface area (Å²) in [6, 6.07) is 6.50. The molecule has 7 nitrogen and oxygen atoms in total. The zero-order valence-electron chi connectivity index (χ0n) is 16.3. The Hall–Kier alpha value is -2.21. The maximum atomic E-state index is 13.3. The van der Waals surface area contributed by atoms with Crippen LogP contribution >= 0.6 is 0 Å². The van der Waals surface area contributed by atoms with Gasteiger partial charge < -0.3 is 19.7 Å². The first-order valence-corrected chi connectivity index (χ1v) is 9.80. The number of halogens is 1. The second kappa shape index (κ2) is 9.82. The molecule has 0 spiro atoms. The van der Waals surface area contributed by atoms with Gasteiger partial charge in [0, 0.05) is 25.1 Å². The largest absolute Gasteiger partial charge is 0.356 e. The Morgan fingerprint density at radius 1 is 1.29 bits per heavy atom. The molecule has 0 bridgehead atoms. The average molecular weight is 389 g/mol. The predicted molar refractivity (Wildman–Crippen MR) is 104 cm³/mol. The van der Waals surface area contributed by atoms with Gasteiger partial charge in [-0.25, -0.2) is 4.39 Å². The smallest absolute Gasteiger partial charge is 0.204 e. The van der Waals surface area contributed by atoms with Gasteiger partial charge in [-0.05, 0) is 51.0 Å². The number of aliphatic imine (C=N–C) groups is 1. The van der Waals surface area contributed by atoms with Crippen LogP contribution in [0.3, 0.4) is 0 Å². The number of hydrogen-bond acceptors (Lipinski definition) is 5. The van der Waals surface area contributed by atoms with Crippen molar-refractivity contribution in [3.05, 3.63) is 35.6 Å². The van der Waals surface area contributed by atoms with Crippen LogP contribution in [0.25, 0.3) is 0 Å². The molecular weight excluding hydrogens is 361 g/mol. The number of nitriles is 1. The van der Waals surface area contributed by atoms with E-state index in [0.29, 0.717) is 19.2 Å². The highest BCUT2D eigenvalue weighted by Gasteiger charge is 2.46. The molecule has 28 heavy (non-hydrogen) atoms. The molecule has 2 saturated heterocycles. The third kappa shape index (κ3) is 4.79. The molecule has 0 unspecified atom stereocenters. The Bertz CT molecular complexity index is 690. The molecule has 2 aliphatic rings. The topological polar surface area (TPSA) is 81.9 Å². The number of likely N-dealkylation sites (tertiary alicyclic amines) is 1. The molecule has 8 heteroatoms. The maximum Gasteiger partial charge on any atom is 0.204 e. The van der Waals surface area contributed by atoms with Gasteiger partial charge in [-0.3, -0.25) is 10.3 Å². The van der Waals surface area contributed by atoms with Gasteiger partial charge in [0.05, 0.1) is 13.2 Å². The minimum atomic E-state index is -0.739. The first kappa shape index (κ1) is 20.5. The second-order valence-electron chi connectivity index (χ2n) is 7.08. The summed E-state index contributed by atoms with van der Waals surface area (Å²) < 4.78 is 25.5. The summed E-state index contributed by atoms with van der Waals surface area (Å²) >= 11 is 0. The van der Waals surface area contributed by atoms with E-state index in [4.69, 9.17) is 14.7 Å². The lowest BCUT2D eigenvalue weighted by molar-refractivity contribution is -0.214. The minimum absolute atomic E-state index is 0.249. The number of guanidine groups is 1. The molecule has 0 aliphatic carbocycles. The van der Waals surface area contributed by atoms with Crippen molar-refractivity contribution >= 4 is 5.96 Å². The summed E-state index contributed by atoms with van der Waals surface area (Å²) in [6.07, 6.45) is 4.78. The van der Waals surface area contributed by atoms with Crippen LogP contribution in [-0.2, 0) is 15.3 Å². The van der Waals surface area contributed by atoms with Gasteiger partial charge in [0.15, 0.2) is 12.0 Å².